The largest absolute Gasteiger partial charge is 0.339 e. The van der Waals surface area contributed by atoms with Gasteiger partial charge in [-0.1, -0.05) is 12.8 Å². The van der Waals surface area contributed by atoms with Gasteiger partial charge in [-0.05, 0) is 63.5 Å². The van der Waals surface area contributed by atoms with E-state index in [9.17, 15) is 4.79 Å². The molecule has 0 aromatic carbocycles. The monoisotopic (exact) mass is 300 g/mol. The van der Waals surface area contributed by atoms with Crippen LogP contribution in [-0.4, -0.2) is 36.5 Å². The fourth-order valence-corrected chi connectivity index (χ4v) is 4.38. The lowest BCUT2D eigenvalue weighted by Gasteiger charge is -2.44. The Balaban J connectivity index is 0.00000147. The molecule has 116 valence electrons. The number of hydrogen-bond acceptors (Lipinski definition) is 2. The van der Waals surface area contributed by atoms with Crippen LogP contribution in [0.1, 0.15) is 57.8 Å². The fraction of sp³-hybridized carbons (Fsp3) is 0.938. The summed E-state index contributed by atoms with van der Waals surface area (Å²) >= 11 is 0. The molecule has 1 saturated carbocycles. The van der Waals surface area contributed by atoms with Gasteiger partial charge in [-0.2, -0.15) is 0 Å². The van der Waals surface area contributed by atoms with Gasteiger partial charge in [0.15, 0.2) is 0 Å². The van der Waals surface area contributed by atoms with Crippen LogP contribution in [0, 0.1) is 11.8 Å². The number of piperidine rings is 2. The lowest BCUT2D eigenvalue weighted by Crippen LogP contribution is -2.50. The van der Waals surface area contributed by atoms with E-state index in [1.807, 2.05) is 0 Å². The molecule has 2 saturated heterocycles. The van der Waals surface area contributed by atoms with Gasteiger partial charge in [0.25, 0.3) is 0 Å². The zero-order valence-electron chi connectivity index (χ0n) is 12.5. The van der Waals surface area contributed by atoms with Crippen molar-refractivity contribution in [2.75, 3.05) is 19.6 Å². The quantitative estimate of drug-likeness (QED) is 0.850. The van der Waals surface area contributed by atoms with Crippen molar-refractivity contribution in [1.82, 2.24) is 10.2 Å². The molecule has 3 fully saturated rings. The average Bonchev–Trinajstić information content (AvgIpc) is 2.47. The molecule has 0 spiro atoms. The number of amides is 1. The molecule has 2 aliphatic heterocycles. The summed E-state index contributed by atoms with van der Waals surface area (Å²) in [7, 11) is 0. The highest BCUT2D eigenvalue weighted by Gasteiger charge is 2.36. The number of carbonyl (C=O) groups excluding carboxylic acids is 1. The van der Waals surface area contributed by atoms with Crippen LogP contribution in [0.4, 0.5) is 0 Å². The number of nitrogens with zero attached hydrogens (tertiary/aromatic N) is 1. The van der Waals surface area contributed by atoms with Crippen molar-refractivity contribution in [3.63, 3.8) is 0 Å². The Kier molecular flexibility index (Phi) is 6.16. The topological polar surface area (TPSA) is 32.3 Å². The summed E-state index contributed by atoms with van der Waals surface area (Å²) in [6, 6.07) is 0.594. The van der Waals surface area contributed by atoms with E-state index < -0.39 is 0 Å². The molecular weight excluding hydrogens is 272 g/mol. The minimum Gasteiger partial charge on any atom is -0.339 e. The molecule has 3 aliphatic rings. The van der Waals surface area contributed by atoms with Crippen LogP contribution in [0.2, 0.25) is 0 Å². The summed E-state index contributed by atoms with van der Waals surface area (Å²) in [5.41, 5.74) is 0. The second-order valence-electron chi connectivity index (χ2n) is 6.74. The molecule has 2 unspecified atom stereocenters. The Bertz CT molecular complexity index is 316. The van der Waals surface area contributed by atoms with Gasteiger partial charge in [0.2, 0.25) is 5.91 Å². The molecule has 3 nitrogen and oxygen atoms in total. The van der Waals surface area contributed by atoms with Gasteiger partial charge in [0.1, 0.15) is 0 Å². The zero-order chi connectivity index (χ0) is 13.1. The van der Waals surface area contributed by atoms with Crippen LogP contribution < -0.4 is 5.32 Å². The number of hydrogen-bond donors (Lipinski definition) is 1. The fourth-order valence-electron chi connectivity index (χ4n) is 4.38. The highest BCUT2D eigenvalue weighted by Crippen LogP contribution is 2.36. The van der Waals surface area contributed by atoms with Crippen LogP contribution in [0.25, 0.3) is 0 Å². The molecule has 0 bridgehead atoms. The number of carbonyl (C=O) groups is 1. The van der Waals surface area contributed by atoms with E-state index in [4.69, 9.17) is 0 Å². The van der Waals surface area contributed by atoms with Gasteiger partial charge in [-0.15, -0.1) is 12.4 Å². The smallest absolute Gasteiger partial charge is 0.223 e. The standard InChI is InChI=1S/C16H28N2O.ClH/c19-16(12-13-7-9-17-10-8-13)18-11-3-5-14-4-1-2-6-15(14)18;/h13-15,17H,1-12H2;1H. The first kappa shape index (κ1) is 16.1. The van der Waals surface area contributed by atoms with Crippen molar-refractivity contribution in [3.05, 3.63) is 0 Å². The van der Waals surface area contributed by atoms with Crippen molar-refractivity contribution >= 4 is 18.3 Å². The maximum absolute atomic E-state index is 12.6. The van der Waals surface area contributed by atoms with Crippen molar-refractivity contribution in [2.24, 2.45) is 11.8 Å². The van der Waals surface area contributed by atoms with Crippen LogP contribution in [0.3, 0.4) is 0 Å². The Hall–Kier alpha value is -0.280. The van der Waals surface area contributed by atoms with Crippen LogP contribution >= 0.6 is 12.4 Å². The summed E-state index contributed by atoms with van der Waals surface area (Å²) in [6.07, 6.45) is 11.1. The molecule has 2 heterocycles. The molecule has 0 aromatic heterocycles. The molecule has 20 heavy (non-hydrogen) atoms. The number of fused-ring (bicyclic) bond motifs is 1. The Morgan fingerprint density at radius 2 is 1.70 bits per heavy atom. The molecule has 0 radical (unpaired) electrons. The number of halogens is 1. The lowest BCUT2D eigenvalue weighted by atomic mass is 9.78. The zero-order valence-corrected chi connectivity index (χ0v) is 13.3. The van der Waals surface area contributed by atoms with E-state index in [0.717, 1.165) is 32.0 Å². The van der Waals surface area contributed by atoms with Gasteiger partial charge in [0.05, 0.1) is 0 Å². The second-order valence-corrected chi connectivity index (χ2v) is 6.74. The molecule has 1 amide bonds. The maximum atomic E-state index is 12.6. The Morgan fingerprint density at radius 1 is 1.00 bits per heavy atom. The molecule has 1 aliphatic carbocycles. The first-order chi connectivity index (χ1) is 9.34. The van der Waals surface area contributed by atoms with Gasteiger partial charge in [-0.3, -0.25) is 4.79 Å². The van der Waals surface area contributed by atoms with E-state index in [-0.39, 0.29) is 12.4 Å². The molecule has 1 N–H and O–H groups in total. The van der Waals surface area contributed by atoms with Crippen molar-refractivity contribution in [2.45, 2.75) is 63.8 Å². The van der Waals surface area contributed by atoms with E-state index in [2.05, 4.69) is 10.2 Å². The van der Waals surface area contributed by atoms with E-state index in [0.29, 0.717) is 17.9 Å². The first-order valence-electron chi connectivity index (χ1n) is 8.35. The van der Waals surface area contributed by atoms with Crippen molar-refractivity contribution < 1.29 is 4.79 Å². The number of likely N-dealkylation sites (tertiary alicyclic amines) is 1. The third-order valence-electron chi connectivity index (χ3n) is 5.49. The third kappa shape index (κ3) is 3.67. The van der Waals surface area contributed by atoms with Crippen LogP contribution in [0.15, 0.2) is 0 Å². The summed E-state index contributed by atoms with van der Waals surface area (Å²) in [4.78, 5) is 14.9. The molecule has 0 aromatic rings. The minimum absolute atomic E-state index is 0. The predicted octanol–water partition coefficient (Wildman–Crippen LogP) is 2.98. The average molecular weight is 301 g/mol. The summed E-state index contributed by atoms with van der Waals surface area (Å²) in [6.45, 7) is 3.24. The molecule has 3 rings (SSSR count). The van der Waals surface area contributed by atoms with Crippen molar-refractivity contribution in [1.29, 1.82) is 0 Å². The van der Waals surface area contributed by atoms with E-state index in [1.54, 1.807) is 0 Å². The van der Waals surface area contributed by atoms with E-state index in [1.165, 1.54) is 51.4 Å². The molecular formula is C16H29ClN2O. The maximum Gasteiger partial charge on any atom is 0.223 e. The predicted molar refractivity (Wildman–Crippen MR) is 84.2 cm³/mol. The minimum atomic E-state index is 0. The molecule has 4 heteroatoms. The lowest BCUT2D eigenvalue weighted by molar-refractivity contribution is -0.138. The summed E-state index contributed by atoms with van der Waals surface area (Å²) in [5, 5.41) is 3.39. The number of rotatable bonds is 2. The van der Waals surface area contributed by atoms with Crippen molar-refractivity contribution in [3.8, 4) is 0 Å². The van der Waals surface area contributed by atoms with Crippen LogP contribution in [-0.2, 0) is 4.79 Å². The second kappa shape index (κ2) is 7.65. The number of nitrogens with one attached hydrogen (secondary N) is 1. The highest BCUT2D eigenvalue weighted by atomic mass is 35.5. The van der Waals surface area contributed by atoms with Gasteiger partial charge < -0.3 is 10.2 Å². The van der Waals surface area contributed by atoms with Gasteiger partial charge in [-0.25, -0.2) is 0 Å². The SMILES string of the molecule is Cl.O=C(CC1CCNCC1)N1CCCC2CCCCC21. The summed E-state index contributed by atoms with van der Waals surface area (Å²) in [5.74, 6) is 1.92. The highest BCUT2D eigenvalue weighted by molar-refractivity contribution is 5.85. The van der Waals surface area contributed by atoms with Crippen LogP contribution in [0.5, 0.6) is 0 Å². The van der Waals surface area contributed by atoms with E-state index >= 15 is 0 Å². The van der Waals surface area contributed by atoms with Gasteiger partial charge in [0, 0.05) is 19.0 Å². The third-order valence-corrected chi connectivity index (χ3v) is 5.49. The Morgan fingerprint density at radius 3 is 2.50 bits per heavy atom. The summed E-state index contributed by atoms with van der Waals surface area (Å²) < 4.78 is 0. The van der Waals surface area contributed by atoms with Gasteiger partial charge >= 0.3 is 0 Å². The molecule has 2 atom stereocenters. The first-order valence-corrected chi connectivity index (χ1v) is 8.35. The normalized spacial score (nSPS) is 31.3. The Labute approximate surface area is 129 Å².